The van der Waals surface area contributed by atoms with Crippen LogP contribution in [0.4, 0.5) is 0 Å². The summed E-state index contributed by atoms with van der Waals surface area (Å²) in [6.45, 7) is 6.44. The van der Waals surface area contributed by atoms with E-state index < -0.39 is 6.10 Å². The molecule has 0 aromatic heterocycles. The molecule has 0 radical (unpaired) electrons. The molecule has 0 saturated heterocycles. The van der Waals surface area contributed by atoms with Crippen LogP contribution in [0.15, 0.2) is 109 Å². The van der Waals surface area contributed by atoms with Gasteiger partial charge in [0.25, 0.3) is 0 Å². The zero-order valence-corrected chi connectivity index (χ0v) is 41.3. The summed E-state index contributed by atoms with van der Waals surface area (Å²) in [5, 5.41) is 0. The van der Waals surface area contributed by atoms with Crippen LogP contribution < -0.4 is 0 Å². The molecule has 0 heterocycles. The van der Waals surface area contributed by atoms with E-state index in [0.29, 0.717) is 19.3 Å². The maximum atomic E-state index is 12.8. The van der Waals surface area contributed by atoms with Gasteiger partial charge >= 0.3 is 17.9 Å². The molecule has 0 fully saturated rings. The Balaban J connectivity index is 4.48. The molecule has 0 aromatic carbocycles. The van der Waals surface area contributed by atoms with Crippen molar-refractivity contribution in [3.05, 3.63) is 109 Å². The van der Waals surface area contributed by atoms with E-state index in [0.717, 1.165) is 109 Å². The van der Waals surface area contributed by atoms with E-state index in [1.807, 2.05) is 24.3 Å². The molecule has 0 bridgehead atoms. The summed E-state index contributed by atoms with van der Waals surface area (Å²) in [6, 6.07) is 0. The van der Waals surface area contributed by atoms with Gasteiger partial charge in [0.05, 0.1) is 0 Å². The van der Waals surface area contributed by atoms with Gasteiger partial charge in [-0.2, -0.15) is 0 Å². The fraction of sp³-hybridized carbons (Fsp3) is 0.638. The van der Waals surface area contributed by atoms with Crippen LogP contribution in [0.1, 0.15) is 220 Å². The monoisotopic (exact) mass is 887 g/mol. The molecule has 64 heavy (non-hydrogen) atoms. The van der Waals surface area contributed by atoms with Gasteiger partial charge in [0.15, 0.2) is 6.10 Å². The van der Waals surface area contributed by atoms with Crippen molar-refractivity contribution in [2.24, 2.45) is 0 Å². The minimum Gasteiger partial charge on any atom is -0.462 e. The smallest absolute Gasteiger partial charge is 0.306 e. The third-order valence-electron chi connectivity index (χ3n) is 10.7. The second-order valence-electron chi connectivity index (χ2n) is 16.9. The summed E-state index contributed by atoms with van der Waals surface area (Å²) >= 11 is 0. The summed E-state index contributed by atoms with van der Waals surface area (Å²) in [5.74, 6) is -0.952. The molecule has 1 atom stereocenters. The van der Waals surface area contributed by atoms with Crippen molar-refractivity contribution in [1.29, 1.82) is 0 Å². The Kier molecular flexibility index (Phi) is 48.5. The van der Waals surface area contributed by atoms with Crippen molar-refractivity contribution in [1.82, 2.24) is 0 Å². The Morgan fingerprint density at radius 2 is 0.594 bits per heavy atom. The Morgan fingerprint density at radius 1 is 0.312 bits per heavy atom. The number of ether oxygens (including phenoxy) is 3. The van der Waals surface area contributed by atoms with Gasteiger partial charge in [-0.15, -0.1) is 0 Å². The number of carbonyl (C=O) groups is 3. The standard InChI is InChI=1S/C58H94O6/c1-4-7-10-13-16-19-22-24-26-28-30-32-34-36-39-42-45-48-51-57(60)63-54-55(53-62-56(59)50-47-44-41-38-21-18-15-12-9-6-3)64-58(61)52-49-46-43-40-37-35-33-31-29-27-25-23-20-17-14-11-8-5-2/h10,13,16-17,19-20,22-33,55H,4-9,11-12,14-15,18,21,34-54H2,1-3H3/b13-10-,19-16-,20-17-,24-22-,25-23-,28-26-,29-27-,32-30-,33-31-. The van der Waals surface area contributed by atoms with Gasteiger partial charge < -0.3 is 14.2 Å². The van der Waals surface area contributed by atoms with Crippen LogP contribution in [0.2, 0.25) is 0 Å². The van der Waals surface area contributed by atoms with E-state index in [1.54, 1.807) is 0 Å². The molecule has 6 nitrogen and oxygen atoms in total. The van der Waals surface area contributed by atoms with Gasteiger partial charge in [-0.1, -0.05) is 246 Å². The third-order valence-corrected chi connectivity index (χ3v) is 10.7. The fourth-order valence-corrected chi connectivity index (χ4v) is 6.78. The molecule has 0 aliphatic carbocycles. The van der Waals surface area contributed by atoms with E-state index in [9.17, 15) is 14.4 Å². The Labute approximate surface area is 393 Å². The highest BCUT2D eigenvalue weighted by Gasteiger charge is 2.19. The maximum absolute atomic E-state index is 12.8. The second kappa shape index (κ2) is 51.7. The van der Waals surface area contributed by atoms with Crippen LogP contribution >= 0.6 is 0 Å². The number of carbonyl (C=O) groups excluding carboxylic acids is 3. The first kappa shape index (κ1) is 60.1. The molecular weight excluding hydrogens is 793 g/mol. The minimum atomic E-state index is -0.801. The first-order valence-corrected chi connectivity index (χ1v) is 26.0. The number of rotatable bonds is 45. The lowest BCUT2D eigenvalue weighted by Crippen LogP contribution is -2.30. The topological polar surface area (TPSA) is 78.9 Å². The highest BCUT2D eigenvalue weighted by molar-refractivity contribution is 5.71. The van der Waals surface area contributed by atoms with E-state index >= 15 is 0 Å². The van der Waals surface area contributed by atoms with Gasteiger partial charge in [0.1, 0.15) is 13.2 Å². The molecule has 0 aromatic rings. The van der Waals surface area contributed by atoms with Crippen LogP contribution in [-0.2, 0) is 28.6 Å². The summed E-state index contributed by atoms with van der Waals surface area (Å²) in [4.78, 5) is 38.0. The molecule has 1 unspecified atom stereocenters. The second-order valence-corrected chi connectivity index (χ2v) is 16.9. The van der Waals surface area contributed by atoms with Gasteiger partial charge in [-0.3, -0.25) is 14.4 Å². The predicted molar refractivity (Wildman–Crippen MR) is 274 cm³/mol. The Bertz CT molecular complexity index is 1340. The molecule has 0 saturated carbocycles. The van der Waals surface area contributed by atoms with Crippen molar-refractivity contribution in [3.63, 3.8) is 0 Å². The minimum absolute atomic E-state index is 0.0972. The van der Waals surface area contributed by atoms with Crippen LogP contribution in [0.25, 0.3) is 0 Å². The highest BCUT2D eigenvalue weighted by atomic mass is 16.6. The lowest BCUT2D eigenvalue weighted by molar-refractivity contribution is -0.167. The van der Waals surface area contributed by atoms with Gasteiger partial charge in [-0.25, -0.2) is 0 Å². The van der Waals surface area contributed by atoms with Crippen molar-refractivity contribution in [2.45, 2.75) is 226 Å². The molecule has 362 valence electrons. The van der Waals surface area contributed by atoms with E-state index in [-0.39, 0.29) is 31.1 Å². The summed E-state index contributed by atoms with van der Waals surface area (Å²) in [6.07, 6.45) is 69.1. The van der Waals surface area contributed by atoms with E-state index in [2.05, 4.69) is 106 Å². The molecule has 0 aliphatic heterocycles. The van der Waals surface area contributed by atoms with E-state index in [4.69, 9.17) is 14.2 Å². The lowest BCUT2D eigenvalue weighted by Gasteiger charge is -2.18. The zero-order valence-electron chi connectivity index (χ0n) is 41.3. The quantitative estimate of drug-likeness (QED) is 0.0262. The Morgan fingerprint density at radius 3 is 0.969 bits per heavy atom. The zero-order chi connectivity index (χ0) is 46.5. The predicted octanol–water partition coefficient (Wildman–Crippen LogP) is 17.1. The average Bonchev–Trinajstić information content (AvgIpc) is 3.29. The SMILES string of the molecule is CCC\C=C/C=C\C=C/C=C\C=C/CCCCCCCC(=O)OCC(COC(=O)CCCCCCCCCCCC)OC(=O)CCCCCCC\C=C/C=C\C=C/C=C\CCCCC. The van der Waals surface area contributed by atoms with E-state index in [1.165, 1.54) is 70.6 Å². The normalized spacial score (nSPS) is 13.0. The number of hydrogen-bond donors (Lipinski definition) is 0. The lowest BCUT2D eigenvalue weighted by atomic mass is 10.1. The number of allylic oxidation sites excluding steroid dienone is 18. The van der Waals surface area contributed by atoms with Gasteiger partial charge in [0.2, 0.25) is 0 Å². The molecule has 0 amide bonds. The highest BCUT2D eigenvalue weighted by Crippen LogP contribution is 2.14. The van der Waals surface area contributed by atoms with Crippen molar-refractivity contribution in [2.75, 3.05) is 13.2 Å². The largest absolute Gasteiger partial charge is 0.462 e. The summed E-state index contributed by atoms with van der Waals surface area (Å²) < 4.78 is 16.7. The first-order valence-electron chi connectivity index (χ1n) is 26.0. The molecule has 6 heteroatoms. The van der Waals surface area contributed by atoms with Crippen LogP contribution in [0, 0.1) is 0 Å². The first-order chi connectivity index (χ1) is 31.5. The Hall–Kier alpha value is -3.93. The summed E-state index contributed by atoms with van der Waals surface area (Å²) in [5.41, 5.74) is 0. The molecule has 0 spiro atoms. The van der Waals surface area contributed by atoms with Crippen LogP contribution in [-0.4, -0.2) is 37.2 Å². The molecule has 0 N–H and O–H groups in total. The van der Waals surface area contributed by atoms with Gasteiger partial charge in [0, 0.05) is 19.3 Å². The molecular formula is C58H94O6. The fourth-order valence-electron chi connectivity index (χ4n) is 6.78. The number of esters is 3. The van der Waals surface area contributed by atoms with Crippen molar-refractivity contribution >= 4 is 17.9 Å². The van der Waals surface area contributed by atoms with Gasteiger partial charge in [-0.05, 0) is 64.2 Å². The average molecular weight is 887 g/mol. The van der Waals surface area contributed by atoms with Crippen molar-refractivity contribution < 1.29 is 28.6 Å². The van der Waals surface area contributed by atoms with Crippen LogP contribution in [0.5, 0.6) is 0 Å². The summed E-state index contributed by atoms with van der Waals surface area (Å²) in [7, 11) is 0. The number of unbranched alkanes of at least 4 members (excludes halogenated alkanes) is 23. The van der Waals surface area contributed by atoms with Crippen LogP contribution in [0.3, 0.4) is 0 Å². The number of hydrogen-bond acceptors (Lipinski definition) is 6. The molecule has 0 aliphatic rings. The molecule has 0 rings (SSSR count). The maximum Gasteiger partial charge on any atom is 0.306 e. The third kappa shape index (κ3) is 49.1. The van der Waals surface area contributed by atoms with Crippen molar-refractivity contribution in [3.8, 4) is 0 Å².